The van der Waals surface area contributed by atoms with Crippen molar-refractivity contribution in [1.29, 1.82) is 0 Å². The summed E-state index contributed by atoms with van der Waals surface area (Å²) < 4.78 is 30.9. The number of likely N-dealkylation sites (N-methyl/N-ethyl adjacent to an activating group) is 1. The zero-order valence-corrected chi connectivity index (χ0v) is 17.0. The third kappa shape index (κ3) is 2.49. The molecule has 2 aliphatic heterocycles. The molecule has 25 heavy (non-hydrogen) atoms. The molecule has 0 radical (unpaired) electrons. The Hall–Kier alpha value is -0.940. The molecular weight excluding hydrogens is 461 g/mol. The predicted molar refractivity (Wildman–Crippen MR) is 104 cm³/mol. The number of hydrogen-bond donors (Lipinski definition) is 0. The van der Waals surface area contributed by atoms with Gasteiger partial charge < -0.3 is 9.80 Å². The van der Waals surface area contributed by atoms with Crippen LogP contribution in [0.3, 0.4) is 0 Å². The Kier molecular flexibility index (Phi) is 4.23. The molecule has 0 aliphatic carbocycles. The van der Waals surface area contributed by atoms with Crippen LogP contribution < -0.4 is 10.6 Å². The maximum absolute atomic E-state index is 14.9. The Balaban J connectivity index is 2.13. The second-order valence-electron chi connectivity index (χ2n) is 6.75. The first-order valence-electron chi connectivity index (χ1n) is 8.01. The van der Waals surface area contributed by atoms with E-state index in [4.69, 9.17) is 0 Å². The van der Waals surface area contributed by atoms with Crippen LogP contribution in [0.1, 0.15) is 12.5 Å². The molecule has 4 rings (SSSR count). The van der Waals surface area contributed by atoms with Gasteiger partial charge in [0.25, 0.3) is 0 Å². The summed E-state index contributed by atoms with van der Waals surface area (Å²) in [5.74, 6) is -0.158. The molecule has 1 aromatic heterocycles. The molecule has 0 amide bonds. The normalized spacial score (nSPS) is 23.7. The van der Waals surface area contributed by atoms with Gasteiger partial charge in [-0.2, -0.15) is 4.98 Å². The van der Waals surface area contributed by atoms with Gasteiger partial charge in [-0.1, -0.05) is 0 Å². The second-order valence-corrected chi connectivity index (χ2v) is 8.74. The Labute approximate surface area is 161 Å². The number of aromatic nitrogens is 2. The minimum absolute atomic E-state index is 0.0537. The van der Waals surface area contributed by atoms with Crippen molar-refractivity contribution in [3.05, 3.63) is 27.7 Å². The number of halogens is 3. The van der Waals surface area contributed by atoms with Crippen LogP contribution in [0.5, 0.6) is 0 Å². The third-order valence-electron chi connectivity index (χ3n) is 4.95. The summed E-state index contributed by atoms with van der Waals surface area (Å²) in [6.07, 6.45) is 0. The van der Waals surface area contributed by atoms with Crippen LogP contribution >= 0.6 is 34.6 Å². The standard InChI is InChI=1S/C16H17F2IN4OS/c1-7-4-21(3)5-9-6-25-14-10-13(11(17)8(2)12(14)18)23(19)16(24)20-15(10)22(7)9/h7,9H,4-6H2,1-3H3. The quantitative estimate of drug-likeness (QED) is 0.545. The molecule has 2 aliphatic rings. The van der Waals surface area contributed by atoms with Crippen LogP contribution in [0.25, 0.3) is 10.9 Å². The molecule has 134 valence electrons. The van der Waals surface area contributed by atoms with Crippen molar-refractivity contribution in [2.45, 2.75) is 30.8 Å². The number of nitrogens with zero attached hydrogens (tertiary/aromatic N) is 4. The molecule has 9 heteroatoms. The molecule has 3 heterocycles. The van der Waals surface area contributed by atoms with Crippen LogP contribution in [0.4, 0.5) is 14.6 Å². The molecule has 1 fully saturated rings. The Morgan fingerprint density at radius 3 is 2.72 bits per heavy atom. The van der Waals surface area contributed by atoms with Crippen molar-refractivity contribution in [2.75, 3.05) is 30.8 Å². The molecule has 2 unspecified atom stereocenters. The van der Waals surface area contributed by atoms with Gasteiger partial charge >= 0.3 is 5.69 Å². The fourth-order valence-electron chi connectivity index (χ4n) is 3.89. The molecule has 1 saturated heterocycles. The largest absolute Gasteiger partial charge is 0.359 e. The molecular formula is C16H17F2IN4OS. The predicted octanol–water partition coefficient (Wildman–Crippen LogP) is 2.80. The van der Waals surface area contributed by atoms with Crippen LogP contribution in [0.2, 0.25) is 0 Å². The summed E-state index contributed by atoms with van der Waals surface area (Å²) in [5.41, 5.74) is -0.457. The Bertz CT molecular complexity index is 950. The van der Waals surface area contributed by atoms with Crippen molar-refractivity contribution in [3.8, 4) is 0 Å². The summed E-state index contributed by atoms with van der Waals surface area (Å²) in [6, 6.07) is 0.192. The van der Waals surface area contributed by atoms with E-state index in [1.807, 2.05) is 7.05 Å². The lowest BCUT2D eigenvalue weighted by Gasteiger charge is -2.44. The highest BCUT2D eigenvalue weighted by molar-refractivity contribution is 14.1. The van der Waals surface area contributed by atoms with Crippen LogP contribution in [-0.2, 0) is 0 Å². The minimum atomic E-state index is -0.688. The van der Waals surface area contributed by atoms with E-state index >= 15 is 0 Å². The van der Waals surface area contributed by atoms with Crippen LogP contribution in [0.15, 0.2) is 9.69 Å². The molecule has 0 bridgehead atoms. The van der Waals surface area contributed by atoms with Crippen molar-refractivity contribution in [3.63, 3.8) is 0 Å². The fraction of sp³-hybridized carbons (Fsp3) is 0.500. The van der Waals surface area contributed by atoms with Crippen molar-refractivity contribution < 1.29 is 8.78 Å². The van der Waals surface area contributed by atoms with E-state index in [9.17, 15) is 13.6 Å². The topological polar surface area (TPSA) is 41.4 Å². The summed E-state index contributed by atoms with van der Waals surface area (Å²) >= 11 is 3.13. The first kappa shape index (κ1) is 17.5. The maximum atomic E-state index is 14.9. The van der Waals surface area contributed by atoms with Gasteiger partial charge in [0.05, 0.1) is 39.2 Å². The highest BCUT2D eigenvalue weighted by Gasteiger charge is 2.37. The van der Waals surface area contributed by atoms with Crippen LogP contribution in [0, 0.1) is 18.6 Å². The number of piperazine rings is 1. The van der Waals surface area contributed by atoms with Gasteiger partial charge in [0.1, 0.15) is 17.2 Å². The van der Waals surface area contributed by atoms with Crippen molar-refractivity contribution >= 4 is 51.3 Å². The van der Waals surface area contributed by atoms with E-state index in [-0.39, 0.29) is 23.2 Å². The molecule has 0 saturated carbocycles. The van der Waals surface area contributed by atoms with Gasteiger partial charge in [-0.25, -0.2) is 16.4 Å². The van der Waals surface area contributed by atoms with Gasteiger partial charge in [0.2, 0.25) is 0 Å². The average Bonchev–Trinajstić information content (AvgIpc) is 2.70. The van der Waals surface area contributed by atoms with Crippen molar-refractivity contribution in [1.82, 2.24) is 12.7 Å². The SMILES string of the molecule is Cc1c(F)c2c3c(nc(=O)n(I)c3c1F)N1C(C)CN(C)CC1CS2. The van der Waals surface area contributed by atoms with Gasteiger partial charge in [0.15, 0.2) is 5.82 Å². The van der Waals surface area contributed by atoms with E-state index in [0.717, 1.165) is 15.9 Å². The fourth-order valence-corrected chi connectivity index (χ4v) is 5.68. The highest BCUT2D eigenvalue weighted by atomic mass is 127. The maximum Gasteiger partial charge on any atom is 0.359 e. The monoisotopic (exact) mass is 478 g/mol. The number of rotatable bonds is 0. The number of anilines is 1. The zero-order chi connectivity index (χ0) is 18.0. The number of benzene rings is 1. The Morgan fingerprint density at radius 2 is 2.00 bits per heavy atom. The Morgan fingerprint density at radius 1 is 1.28 bits per heavy atom. The van der Waals surface area contributed by atoms with E-state index in [1.165, 1.54) is 18.7 Å². The lowest BCUT2D eigenvalue weighted by molar-refractivity contribution is 0.241. The lowest BCUT2D eigenvalue weighted by atomic mass is 10.1. The van der Waals surface area contributed by atoms with E-state index in [0.29, 0.717) is 21.9 Å². The van der Waals surface area contributed by atoms with Crippen LogP contribution in [-0.4, -0.2) is 50.6 Å². The van der Waals surface area contributed by atoms with E-state index in [1.54, 1.807) is 22.9 Å². The first-order chi connectivity index (χ1) is 11.8. The van der Waals surface area contributed by atoms with Gasteiger partial charge in [-0.3, -0.25) is 0 Å². The molecule has 0 spiro atoms. The average molecular weight is 478 g/mol. The molecule has 2 aromatic rings. The molecule has 1 aromatic carbocycles. The van der Waals surface area contributed by atoms with Gasteiger partial charge in [0, 0.05) is 30.4 Å². The third-order valence-corrected chi connectivity index (χ3v) is 7.07. The molecule has 0 N–H and O–H groups in total. The number of hydrogen-bond acceptors (Lipinski definition) is 5. The van der Waals surface area contributed by atoms with Gasteiger partial charge in [-0.05, 0) is 20.9 Å². The lowest BCUT2D eigenvalue weighted by Crippen LogP contribution is -2.58. The first-order valence-corrected chi connectivity index (χ1v) is 9.96. The van der Waals surface area contributed by atoms with E-state index < -0.39 is 17.3 Å². The summed E-state index contributed by atoms with van der Waals surface area (Å²) in [5, 5.41) is 0.415. The molecule has 5 nitrogen and oxygen atoms in total. The zero-order valence-electron chi connectivity index (χ0n) is 14.0. The number of fused-ring (bicyclic) bond motifs is 2. The summed E-state index contributed by atoms with van der Waals surface area (Å²) in [4.78, 5) is 21.3. The second kappa shape index (κ2) is 6.05. The van der Waals surface area contributed by atoms with Gasteiger partial charge in [-0.15, -0.1) is 11.8 Å². The smallest absolute Gasteiger partial charge is 0.347 e. The van der Waals surface area contributed by atoms with Crippen molar-refractivity contribution in [2.24, 2.45) is 0 Å². The van der Waals surface area contributed by atoms with E-state index in [2.05, 4.69) is 21.7 Å². The number of thioether (sulfide) groups is 1. The summed E-state index contributed by atoms with van der Waals surface area (Å²) in [6.45, 7) is 5.08. The molecule has 2 atom stereocenters. The summed E-state index contributed by atoms with van der Waals surface area (Å²) in [7, 11) is 2.05. The minimum Gasteiger partial charge on any atom is -0.347 e. The highest BCUT2D eigenvalue weighted by Crippen LogP contribution is 2.43.